The molecule has 0 saturated heterocycles. The lowest BCUT2D eigenvalue weighted by Gasteiger charge is -2.12. The van der Waals surface area contributed by atoms with Gasteiger partial charge >= 0.3 is 5.69 Å². The van der Waals surface area contributed by atoms with E-state index in [2.05, 4.69) is 27.2 Å². The Bertz CT molecular complexity index is 808. The SMILES string of the molecule is Cc1nc(CNC(C)c2ccc3[nH]c(=O)[nH]c3c2)oc1C. The fourth-order valence-corrected chi connectivity index (χ4v) is 2.29. The largest absolute Gasteiger partial charge is 0.444 e. The van der Waals surface area contributed by atoms with Gasteiger partial charge in [0.15, 0.2) is 0 Å². The van der Waals surface area contributed by atoms with Crippen LogP contribution in [0.15, 0.2) is 27.4 Å². The third kappa shape index (κ3) is 2.75. The van der Waals surface area contributed by atoms with Gasteiger partial charge in [0, 0.05) is 6.04 Å². The van der Waals surface area contributed by atoms with Crippen molar-refractivity contribution in [2.45, 2.75) is 33.4 Å². The number of nitrogens with one attached hydrogen (secondary N) is 3. The Hall–Kier alpha value is -2.34. The summed E-state index contributed by atoms with van der Waals surface area (Å²) in [5, 5.41) is 3.37. The summed E-state index contributed by atoms with van der Waals surface area (Å²) in [7, 11) is 0. The van der Waals surface area contributed by atoms with Gasteiger partial charge in [0.25, 0.3) is 0 Å². The second-order valence-electron chi connectivity index (χ2n) is 5.24. The van der Waals surface area contributed by atoms with Gasteiger partial charge in [-0.3, -0.25) is 0 Å². The minimum Gasteiger partial charge on any atom is -0.444 e. The molecule has 0 radical (unpaired) electrons. The third-order valence-electron chi connectivity index (χ3n) is 3.67. The normalized spacial score (nSPS) is 12.9. The van der Waals surface area contributed by atoms with E-state index in [0.717, 1.165) is 28.1 Å². The van der Waals surface area contributed by atoms with Gasteiger partial charge in [0.2, 0.25) is 5.89 Å². The summed E-state index contributed by atoms with van der Waals surface area (Å²) in [5.41, 5.74) is 3.46. The smallest absolute Gasteiger partial charge is 0.323 e. The molecule has 0 spiro atoms. The average molecular weight is 286 g/mol. The van der Waals surface area contributed by atoms with E-state index in [0.29, 0.717) is 12.4 Å². The summed E-state index contributed by atoms with van der Waals surface area (Å²) in [6, 6.07) is 5.99. The molecule has 1 unspecified atom stereocenters. The molecular weight excluding hydrogens is 268 g/mol. The number of fused-ring (bicyclic) bond motifs is 1. The second kappa shape index (κ2) is 5.21. The van der Waals surface area contributed by atoms with E-state index in [-0.39, 0.29) is 11.7 Å². The maximum atomic E-state index is 11.3. The number of aromatic amines is 2. The van der Waals surface area contributed by atoms with E-state index in [9.17, 15) is 4.79 Å². The van der Waals surface area contributed by atoms with E-state index in [1.165, 1.54) is 0 Å². The number of oxazole rings is 1. The first kappa shape index (κ1) is 13.6. The fourth-order valence-electron chi connectivity index (χ4n) is 2.29. The highest BCUT2D eigenvalue weighted by molar-refractivity contribution is 5.75. The second-order valence-corrected chi connectivity index (χ2v) is 5.24. The van der Waals surface area contributed by atoms with Crippen LogP contribution < -0.4 is 11.0 Å². The van der Waals surface area contributed by atoms with Crippen LogP contribution in [0.1, 0.15) is 35.9 Å². The van der Waals surface area contributed by atoms with Crippen LogP contribution in [0.2, 0.25) is 0 Å². The van der Waals surface area contributed by atoms with Crippen molar-refractivity contribution in [3.05, 3.63) is 51.6 Å². The summed E-state index contributed by atoms with van der Waals surface area (Å²) >= 11 is 0. The van der Waals surface area contributed by atoms with Crippen LogP contribution in [-0.4, -0.2) is 15.0 Å². The van der Waals surface area contributed by atoms with Gasteiger partial charge in [-0.25, -0.2) is 9.78 Å². The monoisotopic (exact) mass is 286 g/mol. The highest BCUT2D eigenvalue weighted by atomic mass is 16.4. The Labute approximate surface area is 121 Å². The summed E-state index contributed by atoms with van der Waals surface area (Å²) in [6.45, 7) is 6.47. The summed E-state index contributed by atoms with van der Waals surface area (Å²) in [6.07, 6.45) is 0. The van der Waals surface area contributed by atoms with Crippen molar-refractivity contribution < 1.29 is 4.42 Å². The maximum absolute atomic E-state index is 11.3. The van der Waals surface area contributed by atoms with Crippen LogP contribution in [0.3, 0.4) is 0 Å². The quantitative estimate of drug-likeness (QED) is 0.687. The molecule has 6 nitrogen and oxygen atoms in total. The predicted octanol–water partition coefficient (Wildman–Crippen LogP) is 2.31. The zero-order valence-corrected chi connectivity index (χ0v) is 12.3. The highest BCUT2D eigenvalue weighted by Gasteiger charge is 2.10. The van der Waals surface area contributed by atoms with Crippen molar-refractivity contribution in [3.63, 3.8) is 0 Å². The van der Waals surface area contributed by atoms with Crippen LogP contribution in [-0.2, 0) is 6.54 Å². The van der Waals surface area contributed by atoms with E-state index in [4.69, 9.17) is 4.42 Å². The van der Waals surface area contributed by atoms with Gasteiger partial charge in [-0.1, -0.05) is 6.07 Å². The molecule has 2 aromatic heterocycles. The molecule has 0 aliphatic carbocycles. The predicted molar refractivity (Wildman–Crippen MR) is 80.2 cm³/mol. The van der Waals surface area contributed by atoms with Crippen molar-refractivity contribution in [3.8, 4) is 0 Å². The van der Waals surface area contributed by atoms with Gasteiger partial charge in [-0.05, 0) is 38.5 Å². The summed E-state index contributed by atoms with van der Waals surface area (Å²) in [5.74, 6) is 1.54. The minimum absolute atomic E-state index is 0.125. The van der Waals surface area contributed by atoms with Crippen LogP contribution in [0.5, 0.6) is 0 Å². The number of imidazole rings is 1. The molecule has 3 N–H and O–H groups in total. The molecule has 0 aliphatic heterocycles. The molecule has 1 atom stereocenters. The fraction of sp³-hybridized carbons (Fsp3) is 0.333. The lowest BCUT2D eigenvalue weighted by atomic mass is 10.1. The molecule has 6 heteroatoms. The number of aryl methyl sites for hydroxylation is 2. The molecular formula is C15H18N4O2. The average Bonchev–Trinajstić information content (AvgIpc) is 2.97. The molecule has 3 rings (SSSR count). The van der Waals surface area contributed by atoms with Crippen LogP contribution in [0.4, 0.5) is 0 Å². The van der Waals surface area contributed by atoms with E-state index >= 15 is 0 Å². The highest BCUT2D eigenvalue weighted by Crippen LogP contribution is 2.17. The number of nitrogens with zero attached hydrogens (tertiary/aromatic N) is 1. The maximum Gasteiger partial charge on any atom is 0.323 e. The van der Waals surface area contributed by atoms with Gasteiger partial charge in [-0.2, -0.15) is 0 Å². The molecule has 0 aliphatic rings. The summed E-state index contributed by atoms with van der Waals surface area (Å²) < 4.78 is 5.55. The number of benzene rings is 1. The Morgan fingerprint density at radius 1 is 1.29 bits per heavy atom. The molecule has 1 aromatic carbocycles. The van der Waals surface area contributed by atoms with Crippen molar-refractivity contribution in [2.24, 2.45) is 0 Å². The number of rotatable bonds is 4. The van der Waals surface area contributed by atoms with Crippen molar-refractivity contribution >= 4 is 11.0 Å². The Kier molecular flexibility index (Phi) is 3.39. The third-order valence-corrected chi connectivity index (χ3v) is 3.67. The molecule has 3 aromatic rings. The zero-order valence-electron chi connectivity index (χ0n) is 12.3. The van der Waals surface area contributed by atoms with E-state index in [1.54, 1.807) is 0 Å². The van der Waals surface area contributed by atoms with E-state index < -0.39 is 0 Å². The van der Waals surface area contributed by atoms with Crippen molar-refractivity contribution in [1.29, 1.82) is 0 Å². The van der Waals surface area contributed by atoms with Crippen LogP contribution in [0.25, 0.3) is 11.0 Å². The zero-order chi connectivity index (χ0) is 15.0. The van der Waals surface area contributed by atoms with Crippen molar-refractivity contribution in [1.82, 2.24) is 20.3 Å². The van der Waals surface area contributed by atoms with Gasteiger partial charge in [-0.15, -0.1) is 0 Å². The molecule has 0 amide bonds. The standard InChI is InChI=1S/C15H18N4O2/c1-8-10(3)21-14(17-8)7-16-9(2)11-4-5-12-13(6-11)19-15(20)18-12/h4-6,9,16H,7H2,1-3H3,(H2,18,19,20). The molecule has 21 heavy (non-hydrogen) atoms. The molecule has 0 fully saturated rings. The van der Waals surface area contributed by atoms with Gasteiger partial charge in [0.1, 0.15) is 5.76 Å². The first-order valence-electron chi connectivity index (χ1n) is 6.91. The Balaban J connectivity index is 1.73. The first-order valence-corrected chi connectivity index (χ1v) is 6.91. The lowest BCUT2D eigenvalue weighted by Crippen LogP contribution is -2.18. The molecule has 0 bridgehead atoms. The number of hydrogen-bond donors (Lipinski definition) is 3. The van der Waals surface area contributed by atoms with Crippen molar-refractivity contribution in [2.75, 3.05) is 0 Å². The van der Waals surface area contributed by atoms with Gasteiger partial charge in [0.05, 0.1) is 23.3 Å². The van der Waals surface area contributed by atoms with Gasteiger partial charge < -0.3 is 19.7 Å². The van der Waals surface area contributed by atoms with Crippen LogP contribution >= 0.6 is 0 Å². The lowest BCUT2D eigenvalue weighted by molar-refractivity contribution is 0.432. The minimum atomic E-state index is -0.187. The molecule has 2 heterocycles. The van der Waals surface area contributed by atoms with E-state index in [1.807, 2.05) is 32.0 Å². The Morgan fingerprint density at radius 3 is 2.76 bits per heavy atom. The number of H-pyrrole nitrogens is 2. The first-order chi connectivity index (χ1) is 10.0. The topological polar surface area (TPSA) is 86.7 Å². The molecule has 110 valence electrons. The number of hydrogen-bond acceptors (Lipinski definition) is 4. The number of aromatic nitrogens is 3. The summed E-state index contributed by atoms with van der Waals surface area (Å²) in [4.78, 5) is 21.1. The van der Waals surface area contributed by atoms with Crippen LogP contribution in [0, 0.1) is 13.8 Å². The Morgan fingerprint density at radius 2 is 2.05 bits per heavy atom. The molecule has 0 saturated carbocycles.